The second kappa shape index (κ2) is 13.4. The van der Waals surface area contributed by atoms with Crippen LogP contribution in [0.15, 0.2) is 47.5 Å². The molecule has 12 heteroatoms. The molecule has 4 rings (SSSR count). The lowest BCUT2D eigenvalue weighted by Gasteiger charge is -2.35. The van der Waals surface area contributed by atoms with E-state index in [9.17, 15) is 21.6 Å². The number of pyridine rings is 1. The van der Waals surface area contributed by atoms with Gasteiger partial charge in [-0.05, 0) is 55.8 Å². The van der Waals surface area contributed by atoms with Crippen LogP contribution in [0.1, 0.15) is 36.8 Å². The minimum absolute atomic E-state index is 0.180. The van der Waals surface area contributed by atoms with Crippen molar-refractivity contribution in [1.29, 1.82) is 0 Å². The second-order valence-corrected chi connectivity index (χ2v) is 12.2. The average Bonchev–Trinajstić information content (AvgIpc) is 2.94. The van der Waals surface area contributed by atoms with Crippen molar-refractivity contribution in [2.45, 2.75) is 43.3 Å². The molecule has 1 aromatic carbocycles. The topological polar surface area (TPSA) is 86.0 Å². The van der Waals surface area contributed by atoms with Crippen molar-refractivity contribution in [3.8, 4) is 0 Å². The molecule has 2 saturated heterocycles. The normalized spacial score (nSPS) is 18.5. The van der Waals surface area contributed by atoms with Crippen molar-refractivity contribution >= 4 is 15.8 Å². The fraction of sp³-hybridized carbons (Fsp3) is 0.593. The summed E-state index contributed by atoms with van der Waals surface area (Å²) in [6, 6.07) is 9.00. The third kappa shape index (κ3) is 8.14. The first-order valence-electron chi connectivity index (χ1n) is 13.7. The Kier molecular flexibility index (Phi) is 10.2. The van der Waals surface area contributed by atoms with Crippen LogP contribution < -0.4 is 10.6 Å². The first kappa shape index (κ1) is 29.7. The van der Waals surface area contributed by atoms with Crippen molar-refractivity contribution in [3.63, 3.8) is 0 Å². The number of unbranched alkanes of at least 4 members (excludes halogenated alkanes) is 3. The van der Waals surface area contributed by atoms with E-state index < -0.39 is 21.8 Å². The fourth-order valence-electron chi connectivity index (χ4n) is 5.10. The molecule has 2 aliphatic heterocycles. The Morgan fingerprint density at radius 2 is 1.46 bits per heavy atom. The molecule has 2 aliphatic rings. The number of halogens is 3. The number of benzene rings is 1. The van der Waals surface area contributed by atoms with Crippen molar-refractivity contribution in [1.82, 2.24) is 19.1 Å². The summed E-state index contributed by atoms with van der Waals surface area (Å²) in [5.74, 6) is 0.203. The summed E-state index contributed by atoms with van der Waals surface area (Å²) >= 11 is 0. The quantitative estimate of drug-likeness (QED) is 0.417. The molecule has 0 saturated carbocycles. The monoisotopic (exact) mass is 568 g/mol. The summed E-state index contributed by atoms with van der Waals surface area (Å²) in [6.45, 7) is 7.67. The average molecular weight is 569 g/mol. The highest BCUT2D eigenvalue weighted by molar-refractivity contribution is 7.89. The number of hydrogen-bond acceptors (Lipinski definition) is 7. The predicted molar refractivity (Wildman–Crippen MR) is 146 cm³/mol. The molecule has 8 nitrogen and oxygen atoms in total. The van der Waals surface area contributed by atoms with Gasteiger partial charge in [-0.2, -0.15) is 17.5 Å². The Morgan fingerprint density at radius 1 is 0.821 bits per heavy atom. The highest BCUT2D eigenvalue weighted by Gasteiger charge is 2.33. The molecule has 0 amide bonds. The number of sulfonamides is 1. The van der Waals surface area contributed by atoms with E-state index in [0.717, 1.165) is 76.1 Å². The molecule has 2 N–H and O–H groups in total. The van der Waals surface area contributed by atoms with Crippen molar-refractivity contribution < 1.29 is 21.6 Å². The first-order valence-corrected chi connectivity index (χ1v) is 15.1. The molecule has 0 aliphatic carbocycles. The minimum atomic E-state index is -4.45. The van der Waals surface area contributed by atoms with Crippen LogP contribution in [0.4, 0.5) is 19.0 Å². The molecule has 0 unspecified atom stereocenters. The molecular weight excluding hydrogens is 529 g/mol. The second-order valence-electron chi connectivity index (χ2n) is 10.3. The van der Waals surface area contributed by atoms with E-state index in [-0.39, 0.29) is 36.9 Å². The SMILES string of the molecule is NCCCCCCN1CCN(Cc2ccc(S(=O)(=O)N3CCN(c4cc(C(F)(F)F)ccn4)CC3)cc2)CC1. The van der Waals surface area contributed by atoms with Gasteiger partial charge in [-0.15, -0.1) is 0 Å². The molecule has 3 heterocycles. The van der Waals surface area contributed by atoms with Crippen LogP contribution in [0.2, 0.25) is 0 Å². The highest BCUT2D eigenvalue weighted by Crippen LogP contribution is 2.31. The lowest BCUT2D eigenvalue weighted by Crippen LogP contribution is -2.49. The van der Waals surface area contributed by atoms with Crippen LogP contribution in [0, 0.1) is 0 Å². The summed E-state index contributed by atoms with van der Waals surface area (Å²) in [5.41, 5.74) is 5.86. The Bertz CT molecular complexity index is 1150. The van der Waals surface area contributed by atoms with E-state index in [1.165, 1.54) is 23.6 Å². The molecule has 1 aromatic heterocycles. The van der Waals surface area contributed by atoms with Crippen molar-refractivity contribution in [2.75, 3.05) is 70.3 Å². The van der Waals surface area contributed by atoms with Gasteiger partial charge in [0.25, 0.3) is 0 Å². The van der Waals surface area contributed by atoms with Crippen LogP contribution >= 0.6 is 0 Å². The largest absolute Gasteiger partial charge is 0.416 e. The first-order chi connectivity index (χ1) is 18.7. The number of piperazine rings is 2. The standard InChI is InChI=1S/C27H39F3N6O2S/c28-27(29,30)24-9-11-32-26(21-24)35-17-19-36(20-18-35)39(37,38)25-7-5-23(6-8-25)22-34-15-13-33(14-16-34)12-4-2-1-3-10-31/h5-9,11,21H,1-4,10,12-20,22,31H2. The van der Waals surface area contributed by atoms with Crippen molar-refractivity contribution in [3.05, 3.63) is 53.7 Å². The molecule has 2 fully saturated rings. The zero-order valence-electron chi connectivity index (χ0n) is 22.3. The Morgan fingerprint density at radius 3 is 2.10 bits per heavy atom. The van der Waals surface area contributed by atoms with E-state index >= 15 is 0 Å². The van der Waals surface area contributed by atoms with Gasteiger partial charge in [-0.25, -0.2) is 13.4 Å². The maximum absolute atomic E-state index is 13.2. The third-order valence-electron chi connectivity index (χ3n) is 7.50. The maximum Gasteiger partial charge on any atom is 0.416 e. The summed E-state index contributed by atoms with van der Waals surface area (Å²) in [5, 5.41) is 0. The Balaban J connectivity index is 1.25. The van der Waals surface area contributed by atoms with Gasteiger partial charge in [0.05, 0.1) is 10.5 Å². The zero-order chi connectivity index (χ0) is 27.9. The Labute approximate surface area is 229 Å². The number of anilines is 1. The molecule has 0 atom stereocenters. The zero-order valence-corrected chi connectivity index (χ0v) is 23.1. The Hall–Kier alpha value is -2.25. The van der Waals surface area contributed by atoms with Crippen LogP contribution in [-0.4, -0.2) is 93.0 Å². The number of hydrogen-bond donors (Lipinski definition) is 1. The fourth-order valence-corrected chi connectivity index (χ4v) is 6.53. The van der Waals surface area contributed by atoms with Crippen LogP contribution in [-0.2, 0) is 22.7 Å². The van der Waals surface area contributed by atoms with E-state index in [0.29, 0.717) is 0 Å². The van der Waals surface area contributed by atoms with E-state index in [1.807, 2.05) is 12.1 Å². The van der Waals surface area contributed by atoms with Gasteiger partial charge in [0.15, 0.2) is 0 Å². The highest BCUT2D eigenvalue weighted by atomic mass is 32.2. The summed E-state index contributed by atoms with van der Waals surface area (Å²) in [6.07, 6.45) is 1.44. The van der Waals surface area contributed by atoms with Gasteiger partial charge in [0.2, 0.25) is 10.0 Å². The molecule has 0 radical (unpaired) electrons. The van der Waals surface area contributed by atoms with Gasteiger partial charge in [0.1, 0.15) is 5.82 Å². The number of nitrogens with zero attached hydrogens (tertiary/aromatic N) is 5. The molecule has 0 spiro atoms. The van der Waals surface area contributed by atoms with Gasteiger partial charge in [0, 0.05) is 65.1 Å². The van der Waals surface area contributed by atoms with Gasteiger partial charge < -0.3 is 15.5 Å². The van der Waals surface area contributed by atoms with E-state index in [1.54, 1.807) is 17.0 Å². The number of alkyl halides is 3. The van der Waals surface area contributed by atoms with Crippen LogP contribution in [0.5, 0.6) is 0 Å². The third-order valence-corrected chi connectivity index (χ3v) is 9.41. The molecule has 39 heavy (non-hydrogen) atoms. The van der Waals surface area contributed by atoms with E-state index in [2.05, 4.69) is 14.8 Å². The number of aromatic nitrogens is 1. The number of rotatable bonds is 11. The summed E-state index contributed by atoms with van der Waals surface area (Å²) in [7, 11) is -3.69. The smallest absolute Gasteiger partial charge is 0.354 e. The van der Waals surface area contributed by atoms with Gasteiger partial charge in [-0.1, -0.05) is 25.0 Å². The molecule has 2 aromatic rings. The lowest BCUT2D eigenvalue weighted by molar-refractivity contribution is -0.137. The summed E-state index contributed by atoms with van der Waals surface area (Å²) in [4.78, 5) is 10.9. The minimum Gasteiger partial charge on any atom is -0.354 e. The van der Waals surface area contributed by atoms with Gasteiger partial charge in [-0.3, -0.25) is 4.90 Å². The maximum atomic E-state index is 13.2. The predicted octanol–water partition coefficient (Wildman–Crippen LogP) is 3.25. The summed E-state index contributed by atoms with van der Waals surface area (Å²) < 4.78 is 67.0. The van der Waals surface area contributed by atoms with Crippen LogP contribution in [0.3, 0.4) is 0 Å². The van der Waals surface area contributed by atoms with Crippen LogP contribution in [0.25, 0.3) is 0 Å². The lowest BCUT2D eigenvalue weighted by atomic mass is 10.1. The van der Waals surface area contributed by atoms with Gasteiger partial charge >= 0.3 is 6.18 Å². The van der Waals surface area contributed by atoms with E-state index in [4.69, 9.17) is 5.73 Å². The molecular formula is C27H39F3N6O2S. The molecule has 0 bridgehead atoms. The van der Waals surface area contributed by atoms with Crippen molar-refractivity contribution in [2.24, 2.45) is 5.73 Å². The number of nitrogens with two attached hydrogens (primary N) is 1. The molecule has 216 valence electrons.